The van der Waals surface area contributed by atoms with E-state index in [2.05, 4.69) is 92.4 Å². The molecular formula is C18H39BN2O. The maximum atomic E-state index is 6.44. The van der Waals surface area contributed by atoms with Gasteiger partial charge in [-0.15, -0.1) is 0 Å². The Morgan fingerprint density at radius 2 is 1.05 bits per heavy atom. The van der Waals surface area contributed by atoms with Crippen LogP contribution in [0.25, 0.3) is 0 Å². The summed E-state index contributed by atoms with van der Waals surface area (Å²) < 4.78 is 6.44. The fourth-order valence-corrected chi connectivity index (χ4v) is 2.79. The normalized spacial score (nSPS) is 13.1. The van der Waals surface area contributed by atoms with Gasteiger partial charge in [-0.05, 0) is 24.2 Å². The van der Waals surface area contributed by atoms with E-state index in [1.54, 1.807) is 0 Å². The van der Waals surface area contributed by atoms with Gasteiger partial charge in [0.25, 0.3) is 0 Å². The molecule has 0 rings (SSSR count). The number of nitrogens with zero attached hydrogens (tertiary/aromatic N) is 2. The Morgan fingerprint density at radius 1 is 0.773 bits per heavy atom. The first-order chi connectivity index (χ1) is 9.80. The van der Waals surface area contributed by atoms with E-state index in [0.717, 1.165) is 5.76 Å². The van der Waals surface area contributed by atoms with Crippen molar-refractivity contribution in [3.63, 3.8) is 0 Å². The minimum absolute atomic E-state index is 0.0580. The fraction of sp³-hybridized carbons (Fsp3) is 0.889. The number of hydrogen-bond donors (Lipinski definition) is 0. The second kappa shape index (κ2) is 8.40. The minimum atomic E-state index is -0.0910. The second-order valence-corrected chi connectivity index (χ2v) is 8.39. The Bertz CT molecular complexity index is 309. The lowest BCUT2D eigenvalue weighted by Crippen LogP contribution is -2.63. The SMILES string of the molecule is C=C(OB(N(C(C)C)C(C)C)N(C(C)C)C(C)C)C(C)(C)C. The summed E-state index contributed by atoms with van der Waals surface area (Å²) in [5.41, 5.74) is -0.0580. The first-order valence-electron chi connectivity index (χ1n) is 8.71. The maximum Gasteiger partial charge on any atom is 0.548 e. The van der Waals surface area contributed by atoms with Crippen molar-refractivity contribution < 1.29 is 4.65 Å². The summed E-state index contributed by atoms with van der Waals surface area (Å²) >= 11 is 0. The molecule has 0 aliphatic heterocycles. The van der Waals surface area contributed by atoms with E-state index >= 15 is 0 Å². The Kier molecular flexibility index (Phi) is 8.22. The summed E-state index contributed by atoms with van der Waals surface area (Å²) in [6, 6.07) is 1.60. The molecular weight excluding hydrogens is 271 g/mol. The molecule has 4 heteroatoms. The van der Waals surface area contributed by atoms with Gasteiger partial charge >= 0.3 is 7.19 Å². The third kappa shape index (κ3) is 5.96. The van der Waals surface area contributed by atoms with Crippen LogP contribution in [0.15, 0.2) is 12.3 Å². The van der Waals surface area contributed by atoms with E-state index in [1.807, 2.05) is 0 Å². The highest BCUT2D eigenvalue weighted by Crippen LogP contribution is 2.28. The zero-order valence-corrected chi connectivity index (χ0v) is 16.9. The molecule has 0 radical (unpaired) electrons. The summed E-state index contributed by atoms with van der Waals surface area (Å²) in [6.45, 7) is 28.5. The lowest BCUT2D eigenvalue weighted by atomic mass is 9.83. The van der Waals surface area contributed by atoms with Crippen molar-refractivity contribution in [2.75, 3.05) is 0 Å². The molecule has 0 unspecified atom stereocenters. The van der Waals surface area contributed by atoms with Crippen LogP contribution in [0.4, 0.5) is 0 Å². The topological polar surface area (TPSA) is 15.7 Å². The molecule has 0 aromatic heterocycles. The van der Waals surface area contributed by atoms with Crippen LogP contribution in [0.2, 0.25) is 0 Å². The van der Waals surface area contributed by atoms with Crippen LogP contribution in [0.1, 0.15) is 76.2 Å². The average molecular weight is 310 g/mol. The van der Waals surface area contributed by atoms with Crippen LogP contribution in [-0.2, 0) is 4.65 Å². The van der Waals surface area contributed by atoms with Crippen molar-refractivity contribution in [2.24, 2.45) is 5.41 Å². The molecule has 0 N–H and O–H groups in total. The van der Waals surface area contributed by atoms with E-state index in [-0.39, 0.29) is 12.6 Å². The smallest absolute Gasteiger partial charge is 0.536 e. The molecule has 22 heavy (non-hydrogen) atoms. The number of rotatable bonds is 8. The molecule has 0 heterocycles. The van der Waals surface area contributed by atoms with Gasteiger partial charge in [0.2, 0.25) is 0 Å². The van der Waals surface area contributed by atoms with Crippen LogP contribution in [-0.4, -0.2) is 41.0 Å². The highest BCUT2D eigenvalue weighted by Gasteiger charge is 2.42. The number of allylic oxidation sites excluding steroid dienone is 1. The molecule has 0 aromatic rings. The summed E-state index contributed by atoms with van der Waals surface area (Å²) in [5, 5.41) is 0. The van der Waals surface area contributed by atoms with Gasteiger partial charge in [-0.1, -0.05) is 82.7 Å². The van der Waals surface area contributed by atoms with E-state index in [0.29, 0.717) is 24.2 Å². The van der Waals surface area contributed by atoms with Crippen molar-refractivity contribution in [2.45, 2.75) is 100 Å². The van der Waals surface area contributed by atoms with Crippen LogP contribution < -0.4 is 0 Å². The standard InChI is InChI=1S/C18H39BN2O/c1-13(2)20(14(3)4)19(21(15(5)6)16(7)8)22-17(9)18(10,11)12/h13-16H,9H2,1-8,10-12H3. The van der Waals surface area contributed by atoms with Gasteiger partial charge in [0.1, 0.15) is 0 Å². The average Bonchev–Trinajstić information content (AvgIpc) is 2.24. The molecule has 0 bridgehead atoms. The first-order valence-corrected chi connectivity index (χ1v) is 8.71. The van der Waals surface area contributed by atoms with Crippen molar-refractivity contribution in [1.29, 1.82) is 0 Å². The molecule has 0 saturated carbocycles. The maximum absolute atomic E-state index is 6.44. The van der Waals surface area contributed by atoms with Crippen LogP contribution in [0.3, 0.4) is 0 Å². The fourth-order valence-electron chi connectivity index (χ4n) is 2.79. The zero-order chi connectivity index (χ0) is 17.8. The largest absolute Gasteiger partial charge is 0.548 e. The van der Waals surface area contributed by atoms with Crippen molar-refractivity contribution in [3.8, 4) is 0 Å². The predicted molar refractivity (Wildman–Crippen MR) is 99.7 cm³/mol. The molecule has 0 aliphatic rings. The molecule has 3 nitrogen and oxygen atoms in total. The van der Waals surface area contributed by atoms with Crippen LogP contribution in [0.5, 0.6) is 0 Å². The Morgan fingerprint density at radius 3 is 1.23 bits per heavy atom. The van der Waals surface area contributed by atoms with Gasteiger partial charge in [0.15, 0.2) is 0 Å². The molecule has 0 aliphatic carbocycles. The molecule has 0 aromatic carbocycles. The Balaban J connectivity index is 5.69. The predicted octanol–water partition coefficient (Wildman–Crippen LogP) is 4.79. The number of hydrogen-bond acceptors (Lipinski definition) is 3. The lowest BCUT2D eigenvalue weighted by molar-refractivity contribution is 0.141. The third-order valence-electron chi connectivity index (χ3n) is 3.98. The van der Waals surface area contributed by atoms with Gasteiger partial charge in [0.05, 0.1) is 5.76 Å². The van der Waals surface area contributed by atoms with Crippen molar-refractivity contribution in [1.82, 2.24) is 9.62 Å². The van der Waals surface area contributed by atoms with E-state index in [9.17, 15) is 0 Å². The molecule has 0 fully saturated rings. The molecule has 0 atom stereocenters. The van der Waals surface area contributed by atoms with E-state index in [1.165, 1.54) is 0 Å². The Hall–Kier alpha value is -0.475. The minimum Gasteiger partial charge on any atom is -0.536 e. The Labute approximate surface area is 140 Å². The van der Waals surface area contributed by atoms with Gasteiger partial charge in [0, 0.05) is 5.41 Å². The summed E-state index contributed by atoms with van der Waals surface area (Å²) in [7, 11) is -0.0910. The van der Waals surface area contributed by atoms with Gasteiger partial charge < -0.3 is 4.65 Å². The van der Waals surface area contributed by atoms with Gasteiger partial charge in [-0.2, -0.15) is 0 Å². The van der Waals surface area contributed by atoms with Gasteiger partial charge in [-0.25, -0.2) is 0 Å². The second-order valence-electron chi connectivity index (χ2n) is 8.39. The van der Waals surface area contributed by atoms with E-state index < -0.39 is 0 Å². The molecule has 130 valence electrons. The highest BCUT2D eigenvalue weighted by atomic mass is 16.5. The quantitative estimate of drug-likeness (QED) is 0.474. The monoisotopic (exact) mass is 310 g/mol. The zero-order valence-electron chi connectivity index (χ0n) is 16.9. The molecule has 0 saturated heterocycles. The van der Waals surface area contributed by atoms with Crippen molar-refractivity contribution >= 4 is 7.19 Å². The summed E-state index contributed by atoms with van der Waals surface area (Å²) in [6.07, 6.45) is 0. The first kappa shape index (κ1) is 21.5. The third-order valence-corrected chi connectivity index (χ3v) is 3.98. The van der Waals surface area contributed by atoms with E-state index in [4.69, 9.17) is 4.65 Å². The van der Waals surface area contributed by atoms with Crippen LogP contribution in [0, 0.1) is 5.41 Å². The van der Waals surface area contributed by atoms with Gasteiger partial charge in [-0.3, -0.25) is 9.62 Å². The van der Waals surface area contributed by atoms with Crippen molar-refractivity contribution in [3.05, 3.63) is 12.3 Å². The summed E-state index contributed by atoms with van der Waals surface area (Å²) in [5.74, 6) is 0.843. The lowest BCUT2D eigenvalue weighted by Gasteiger charge is -2.44. The van der Waals surface area contributed by atoms with Crippen LogP contribution >= 0.6 is 0 Å². The molecule has 0 amide bonds. The highest BCUT2D eigenvalue weighted by molar-refractivity contribution is 6.46. The summed E-state index contributed by atoms with van der Waals surface area (Å²) in [4.78, 5) is 4.86. The molecule has 0 spiro atoms.